The van der Waals surface area contributed by atoms with Crippen molar-refractivity contribution in [3.63, 3.8) is 0 Å². The van der Waals surface area contributed by atoms with Crippen molar-refractivity contribution < 1.29 is 17.3 Å². The minimum absolute atomic E-state index is 0.0125. The van der Waals surface area contributed by atoms with Crippen LogP contribution in [0.2, 0.25) is 0 Å². The van der Waals surface area contributed by atoms with E-state index < -0.39 is 10.1 Å². The van der Waals surface area contributed by atoms with Crippen LogP contribution >= 0.6 is 0 Å². The second-order valence-electron chi connectivity index (χ2n) is 4.92. The Hall–Kier alpha value is -2.27. The number of hydrogen-bond donors (Lipinski definition) is 0. The van der Waals surface area contributed by atoms with Crippen LogP contribution in [0.15, 0.2) is 60.0 Å². The van der Waals surface area contributed by atoms with E-state index in [9.17, 15) is 8.42 Å². The van der Waals surface area contributed by atoms with Gasteiger partial charge < -0.3 is 8.92 Å². The molecule has 5 heteroatoms. The van der Waals surface area contributed by atoms with E-state index in [-0.39, 0.29) is 16.7 Å². The van der Waals surface area contributed by atoms with Crippen molar-refractivity contribution >= 4 is 16.2 Å². The van der Waals surface area contributed by atoms with Gasteiger partial charge in [0.2, 0.25) is 0 Å². The zero-order chi connectivity index (χ0) is 16.2. The van der Waals surface area contributed by atoms with Crippen molar-refractivity contribution in [1.82, 2.24) is 0 Å². The smallest absolute Gasteiger partial charge is 0.339 e. The summed E-state index contributed by atoms with van der Waals surface area (Å²) in [6.07, 6.45) is 1.61. The molecule has 0 aliphatic carbocycles. The second-order valence-corrected chi connectivity index (χ2v) is 6.47. The van der Waals surface area contributed by atoms with Gasteiger partial charge in [-0.15, -0.1) is 0 Å². The minimum atomic E-state index is -3.85. The van der Waals surface area contributed by atoms with Crippen LogP contribution in [0.5, 0.6) is 11.5 Å². The topological polar surface area (TPSA) is 52.6 Å². The minimum Gasteiger partial charge on any atom is -0.490 e. The molecule has 0 aromatic heterocycles. The SMILES string of the molecule is C=Cc1cc(OS(=O)(=O)c2ccccc2)ccc1OC(C)C. The Morgan fingerprint density at radius 2 is 1.77 bits per heavy atom. The quantitative estimate of drug-likeness (QED) is 0.758. The molecule has 2 rings (SSSR count). The lowest BCUT2D eigenvalue weighted by Gasteiger charge is -2.14. The molecule has 0 bridgehead atoms. The Labute approximate surface area is 131 Å². The Balaban J connectivity index is 2.29. The van der Waals surface area contributed by atoms with Crippen LogP contribution in [0.25, 0.3) is 6.08 Å². The van der Waals surface area contributed by atoms with Crippen LogP contribution < -0.4 is 8.92 Å². The van der Waals surface area contributed by atoms with E-state index in [1.807, 2.05) is 13.8 Å². The van der Waals surface area contributed by atoms with Gasteiger partial charge in [-0.25, -0.2) is 0 Å². The van der Waals surface area contributed by atoms with Crippen LogP contribution in [0.1, 0.15) is 19.4 Å². The molecule has 22 heavy (non-hydrogen) atoms. The van der Waals surface area contributed by atoms with E-state index in [4.69, 9.17) is 8.92 Å². The van der Waals surface area contributed by atoms with Crippen LogP contribution in [-0.4, -0.2) is 14.5 Å². The molecule has 116 valence electrons. The van der Waals surface area contributed by atoms with Gasteiger partial charge in [-0.3, -0.25) is 0 Å². The summed E-state index contributed by atoms with van der Waals surface area (Å²) in [4.78, 5) is 0.109. The maximum Gasteiger partial charge on any atom is 0.339 e. The van der Waals surface area contributed by atoms with Crippen molar-refractivity contribution in [2.24, 2.45) is 0 Å². The lowest BCUT2D eigenvalue weighted by molar-refractivity contribution is 0.241. The van der Waals surface area contributed by atoms with Gasteiger partial charge in [0.05, 0.1) is 6.10 Å². The summed E-state index contributed by atoms with van der Waals surface area (Å²) in [5.41, 5.74) is 0.675. The normalized spacial score (nSPS) is 11.2. The lowest BCUT2D eigenvalue weighted by atomic mass is 10.2. The van der Waals surface area contributed by atoms with Crippen molar-refractivity contribution in [1.29, 1.82) is 0 Å². The molecule has 0 saturated carbocycles. The van der Waals surface area contributed by atoms with Gasteiger partial charge in [0.1, 0.15) is 16.4 Å². The fourth-order valence-corrected chi connectivity index (χ4v) is 2.80. The van der Waals surface area contributed by atoms with Gasteiger partial charge in [0, 0.05) is 5.56 Å². The standard InChI is InChI=1S/C17H18O4S/c1-4-14-12-15(10-11-17(14)20-13(2)3)21-22(18,19)16-8-6-5-7-9-16/h4-13H,1H2,2-3H3. The highest BCUT2D eigenvalue weighted by Gasteiger charge is 2.17. The summed E-state index contributed by atoms with van der Waals surface area (Å²) in [6.45, 7) is 7.54. The third-order valence-corrected chi connectivity index (χ3v) is 4.06. The van der Waals surface area contributed by atoms with Gasteiger partial charge in [-0.2, -0.15) is 8.42 Å². The maximum absolute atomic E-state index is 12.2. The van der Waals surface area contributed by atoms with Gasteiger partial charge >= 0.3 is 10.1 Å². The average molecular weight is 318 g/mol. The van der Waals surface area contributed by atoms with Crippen LogP contribution in [-0.2, 0) is 10.1 Å². The molecule has 0 aliphatic heterocycles. The summed E-state index contributed by atoms with van der Waals surface area (Å²) >= 11 is 0. The van der Waals surface area contributed by atoms with Gasteiger partial charge in [-0.05, 0) is 44.2 Å². The molecular weight excluding hydrogens is 300 g/mol. The van der Waals surface area contributed by atoms with E-state index in [0.29, 0.717) is 11.3 Å². The van der Waals surface area contributed by atoms with Crippen molar-refractivity contribution in [2.45, 2.75) is 24.8 Å². The number of hydrogen-bond acceptors (Lipinski definition) is 4. The second kappa shape index (κ2) is 6.66. The predicted octanol–water partition coefficient (Wildman–Crippen LogP) is 3.88. The molecule has 0 amide bonds. The van der Waals surface area contributed by atoms with Crippen LogP contribution in [0, 0.1) is 0 Å². The third kappa shape index (κ3) is 3.89. The highest BCUT2D eigenvalue weighted by Crippen LogP contribution is 2.28. The van der Waals surface area contributed by atoms with E-state index in [1.54, 1.807) is 42.5 Å². The van der Waals surface area contributed by atoms with E-state index in [0.717, 1.165) is 0 Å². The summed E-state index contributed by atoms with van der Waals surface area (Å²) in [7, 11) is -3.85. The van der Waals surface area contributed by atoms with Gasteiger partial charge in [-0.1, -0.05) is 30.9 Å². The summed E-state index contributed by atoms with van der Waals surface area (Å²) in [6, 6.07) is 12.8. The highest BCUT2D eigenvalue weighted by molar-refractivity contribution is 7.87. The highest BCUT2D eigenvalue weighted by atomic mass is 32.2. The maximum atomic E-state index is 12.2. The largest absolute Gasteiger partial charge is 0.490 e. The number of benzene rings is 2. The van der Waals surface area contributed by atoms with E-state index >= 15 is 0 Å². The Morgan fingerprint density at radius 1 is 1.09 bits per heavy atom. The molecule has 4 nitrogen and oxygen atoms in total. The van der Waals surface area contributed by atoms with E-state index in [1.165, 1.54) is 12.1 Å². The Morgan fingerprint density at radius 3 is 2.36 bits per heavy atom. The molecule has 0 saturated heterocycles. The third-order valence-electron chi connectivity index (χ3n) is 2.80. The van der Waals surface area contributed by atoms with Crippen molar-refractivity contribution in [3.05, 3.63) is 60.7 Å². The first kappa shape index (κ1) is 16.1. The first-order valence-corrected chi connectivity index (χ1v) is 8.26. The first-order valence-electron chi connectivity index (χ1n) is 6.85. The zero-order valence-corrected chi connectivity index (χ0v) is 13.3. The van der Waals surface area contributed by atoms with Crippen molar-refractivity contribution in [2.75, 3.05) is 0 Å². The van der Waals surface area contributed by atoms with Gasteiger partial charge in [0.25, 0.3) is 0 Å². The van der Waals surface area contributed by atoms with Crippen molar-refractivity contribution in [3.8, 4) is 11.5 Å². The molecule has 2 aromatic rings. The monoisotopic (exact) mass is 318 g/mol. The van der Waals surface area contributed by atoms with E-state index in [2.05, 4.69) is 6.58 Å². The fraction of sp³-hybridized carbons (Fsp3) is 0.176. The molecule has 0 radical (unpaired) electrons. The lowest BCUT2D eigenvalue weighted by Crippen LogP contribution is -2.10. The fourth-order valence-electron chi connectivity index (χ4n) is 1.86. The van der Waals surface area contributed by atoms with Crippen LogP contribution in [0.3, 0.4) is 0 Å². The molecule has 0 unspecified atom stereocenters. The number of ether oxygens (including phenoxy) is 1. The summed E-state index contributed by atoms with van der Waals surface area (Å²) < 4.78 is 35.2. The molecule has 0 N–H and O–H groups in total. The molecule has 0 aliphatic rings. The van der Waals surface area contributed by atoms with Gasteiger partial charge in [0.15, 0.2) is 0 Å². The summed E-state index contributed by atoms with van der Waals surface area (Å²) in [5, 5.41) is 0. The first-order chi connectivity index (χ1) is 10.4. The Kier molecular flexibility index (Phi) is 4.88. The average Bonchev–Trinajstić information content (AvgIpc) is 2.49. The summed E-state index contributed by atoms with van der Waals surface area (Å²) in [5.74, 6) is 0.851. The number of rotatable bonds is 6. The molecule has 2 aromatic carbocycles. The molecule has 0 heterocycles. The molecular formula is C17H18O4S. The molecule has 0 atom stereocenters. The zero-order valence-electron chi connectivity index (χ0n) is 12.5. The molecule has 0 spiro atoms. The predicted molar refractivity (Wildman–Crippen MR) is 86.6 cm³/mol. The van der Waals surface area contributed by atoms with Crippen LogP contribution in [0.4, 0.5) is 0 Å². The Bertz CT molecular complexity index is 749. The molecule has 0 fully saturated rings.